The average Bonchev–Trinajstić information content (AvgIpc) is 2.29. The summed E-state index contributed by atoms with van der Waals surface area (Å²) in [5, 5.41) is 3.59. The predicted octanol–water partition coefficient (Wildman–Crippen LogP) is 0.184. The number of hydrazone groups is 1. The molecule has 0 aliphatic carbocycles. The molecule has 5 nitrogen and oxygen atoms in total. The fourth-order valence-electron chi connectivity index (χ4n) is 1.06. The largest absolute Gasteiger partial charge is 0.361 e. The van der Waals surface area contributed by atoms with E-state index in [1.807, 2.05) is 29.7 Å². The summed E-state index contributed by atoms with van der Waals surface area (Å²) in [4.78, 5) is 21.1. The highest BCUT2D eigenvalue weighted by Gasteiger charge is 2.04. The van der Waals surface area contributed by atoms with Gasteiger partial charge in [-0.25, -0.2) is 5.43 Å². The van der Waals surface area contributed by atoms with E-state index in [0.717, 1.165) is 12.0 Å². The van der Waals surface area contributed by atoms with Gasteiger partial charge in [0.05, 0.1) is 6.21 Å². The molecular formula is C11H13N3O2. The Morgan fingerprint density at radius 3 is 2.50 bits per heavy atom. The number of amides is 2. The third-order valence-corrected chi connectivity index (χ3v) is 1.99. The van der Waals surface area contributed by atoms with Gasteiger partial charge in [-0.15, -0.1) is 0 Å². The van der Waals surface area contributed by atoms with Crippen LogP contribution in [0.3, 0.4) is 0 Å². The molecule has 0 unspecified atom stereocenters. The van der Waals surface area contributed by atoms with Gasteiger partial charge in [-0.05, 0) is 17.5 Å². The van der Waals surface area contributed by atoms with E-state index in [9.17, 15) is 9.59 Å². The molecule has 2 amide bonds. The quantitative estimate of drug-likeness (QED) is 0.432. The Kier molecular flexibility index (Phi) is 4.20. The van der Waals surface area contributed by atoms with Crippen molar-refractivity contribution >= 4 is 18.0 Å². The summed E-state index contributed by atoms with van der Waals surface area (Å²) >= 11 is 0. The molecule has 0 saturated carbocycles. The fraction of sp³-hybridized carbons (Fsp3) is 0.182. The summed E-state index contributed by atoms with van der Waals surface area (Å²) in [6, 6.07) is 7.69. The number of carbonyl (C=O) groups is 2. The van der Waals surface area contributed by atoms with Crippen LogP contribution in [-0.4, -0.2) is 18.0 Å². The van der Waals surface area contributed by atoms with Gasteiger partial charge in [-0.3, -0.25) is 9.59 Å². The molecule has 0 aliphatic heterocycles. The van der Waals surface area contributed by atoms with E-state index in [-0.39, 0.29) is 0 Å². The zero-order valence-electron chi connectivity index (χ0n) is 8.93. The molecule has 0 radical (unpaired) electrons. The molecule has 0 spiro atoms. The SMILES string of the molecule is CCc1ccc(/C=N/NC(=O)C(N)=O)cc1. The number of hydrogen-bond donors (Lipinski definition) is 2. The van der Waals surface area contributed by atoms with Crippen molar-refractivity contribution in [3.05, 3.63) is 35.4 Å². The standard InChI is InChI=1S/C11H13N3O2/c1-2-8-3-5-9(6-4-8)7-13-14-11(16)10(12)15/h3-7H,2H2,1H3,(H2,12,15)(H,14,16)/b13-7+. The molecule has 3 N–H and O–H groups in total. The minimum absolute atomic E-state index is 0.835. The molecule has 1 aromatic rings. The second kappa shape index (κ2) is 5.65. The number of primary amides is 1. The van der Waals surface area contributed by atoms with Gasteiger partial charge in [-0.2, -0.15) is 5.10 Å². The maximum absolute atomic E-state index is 10.7. The zero-order chi connectivity index (χ0) is 12.0. The number of rotatable bonds is 3. The minimum Gasteiger partial charge on any atom is -0.361 e. The van der Waals surface area contributed by atoms with Crippen molar-refractivity contribution in [1.82, 2.24) is 5.43 Å². The van der Waals surface area contributed by atoms with Gasteiger partial charge < -0.3 is 5.73 Å². The molecule has 0 atom stereocenters. The molecule has 0 saturated heterocycles. The lowest BCUT2D eigenvalue weighted by Gasteiger charge is -1.97. The Bertz CT molecular complexity index is 410. The van der Waals surface area contributed by atoms with Crippen molar-refractivity contribution < 1.29 is 9.59 Å². The highest BCUT2D eigenvalue weighted by Crippen LogP contribution is 2.02. The predicted molar refractivity (Wildman–Crippen MR) is 60.8 cm³/mol. The Hall–Kier alpha value is -2.17. The number of aryl methyl sites for hydroxylation is 1. The van der Waals surface area contributed by atoms with Gasteiger partial charge >= 0.3 is 11.8 Å². The first-order chi connectivity index (χ1) is 7.63. The summed E-state index contributed by atoms with van der Waals surface area (Å²) < 4.78 is 0. The number of nitrogens with two attached hydrogens (primary N) is 1. The molecule has 84 valence electrons. The smallest absolute Gasteiger partial charge is 0.329 e. The number of nitrogens with zero attached hydrogens (tertiary/aromatic N) is 1. The highest BCUT2D eigenvalue weighted by molar-refractivity contribution is 6.34. The fourth-order valence-corrected chi connectivity index (χ4v) is 1.06. The van der Waals surface area contributed by atoms with Gasteiger partial charge in [0, 0.05) is 0 Å². The monoisotopic (exact) mass is 219 g/mol. The molecule has 16 heavy (non-hydrogen) atoms. The molecule has 0 aliphatic rings. The normalized spacial score (nSPS) is 10.3. The van der Waals surface area contributed by atoms with Gasteiger partial charge in [0.15, 0.2) is 0 Å². The lowest BCUT2D eigenvalue weighted by atomic mass is 10.1. The van der Waals surface area contributed by atoms with Crippen molar-refractivity contribution in [3.8, 4) is 0 Å². The Balaban J connectivity index is 2.56. The van der Waals surface area contributed by atoms with E-state index in [1.54, 1.807) is 0 Å². The van der Waals surface area contributed by atoms with Gasteiger partial charge in [-0.1, -0.05) is 31.2 Å². The molecule has 0 fully saturated rings. The van der Waals surface area contributed by atoms with Crippen LogP contribution in [0.4, 0.5) is 0 Å². The van der Waals surface area contributed by atoms with E-state index >= 15 is 0 Å². The van der Waals surface area contributed by atoms with Crippen LogP contribution in [0.15, 0.2) is 29.4 Å². The first-order valence-electron chi connectivity index (χ1n) is 4.85. The van der Waals surface area contributed by atoms with Crippen LogP contribution >= 0.6 is 0 Å². The molecule has 0 heterocycles. The summed E-state index contributed by atoms with van der Waals surface area (Å²) in [5.74, 6) is -1.99. The maximum atomic E-state index is 10.7. The van der Waals surface area contributed by atoms with Crippen LogP contribution in [0.5, 0.6) is 0 Å². The molecule has 0 aromatic heterocycles. The number of carbonyl (C=O) groups excluding carboxylic acids is 2. The van der Waals surface area contributed by atoms with Crippen molar-refractivity contribution in [2.45, 2.75) is 13.3 Å². The van der Waals surface area contributed by atoms with Crippen molar-refractivity contribution in [3.63, 3.8) is 0 Å². The van der Waals surface area contributed by atoms with Crippen LogP contribution in [0.2, 0.25) is 0 Å². The summed E-state index contributed by atoms with van der Waals surface area (Å²) in [6.45, 7) is 2.07. The van der Waals surface area contributed by atoms with Crippen molar-refractivity contribution in [2.75, 3.05) is 0 Å². The topological polar surface area (TPSA) is 84.6 Å². The van der Waals surface area contributed by atoms with Crippen molar-refractivity contribution in [1.29, 1.82) is 0 Å². The first kappa shape index (κ1) is 11.9. The summed E-state index contributed by atoms with van der Waals surface area (Å²) in [6.07, 6.45) is 2.41. The van der Waals surface area contributed by atoms with Gasteiger partial charge in [0.1, 0.15) is 0 Å². The first-order valence-corrected chi connectivity index (χ1v) is 4.85. The Morgan fingerprint density at radius 1 is 1.38 bits per heavy atom. The lowest BCUT2D eigenvalue weighted by molar-refractivity contribution is -0.137. The number of nitrogens with one attached hydrogen (secondary N) is 1. The number of hydrogen-bond acceptors (Lipinski definition) is 3. The van der Waals surface area contributed by atoms with Gasteiger partial charge in [0.2, 0.25) is 0 Å². The van der Waals surface area contributed by atoms with Crippen LogP contribution in [0.1, 0.15) is 18.1 Å². The molecule has 1 aromatic carbocycles. The molecule has 5 heteroatoms. The van der Waals surface area contributed by atoms with E-state index < -0.39 is 11.8 Å². The second-order valence-electron chi connectivity index (χ2n) is 3.16. The molecule has 1 rings (SSSR count). The van der Waals surface area contributed by atoms with Crippen LogP contribution < -0.4 is 11.2 Å². The third kappa shape index (κ3) is 3.53. The van der Waals surface area contributed by atoms with E-state index in [0.29, 0.717) is 0 Å². The van der Waals surface area contributed by atoms with Crippen LogP contribution in [-0.2, 0) is 16.0 Å². The molecular weight excluding hydrogens is 206 g/mol. The van der Waals surface area contributed by atoms with E-state index in [4.69, 9.17) is 5.73 Å². The van der Waals surface area contributed by atoms with Crippen molar-refractivity contribution in [2.24, 2.45) is 10.8 Å². The summed E-state index contributed by atoms with van der Waals surface area (Å²) in [5.41, 5.74) is 8.80. The number of benzene rings is 1. The van der Waals surface area contributed by atoms with E-state index in [1.165, 1.54) is 11.8 Å². The Morgan fingerprint density at radius 2 is 2.00 bits per heavy atom. The van der Waals surface area contributed by atoms with Crippen LogP contribution in [0.25, 0.3) is 0 Å². The molecule has 0 bridgehead atoms. The minimum atomic E-state index is -1.06. The average molecular weight is 219 g/mol. The summed E-state index contributed by atoms with van der Waals surface area (Å²) in [7, 11) is 0. The maximum Gasteiger partial charge on any atom is 0.329 e. The Labute approximate surface area is 93.3 Å². The zero-order valence-corrected chi connectivity index (χ0v) is 8.93. The third-order valence-electron chi connectivity index (χ3n) is 1.99. The highest BCUT2D eigenvalue weighted by atomic mass is 16.2. The van der Waals surface area contributed by atoms with Gasteiger partial charge in [0.25, 0.3) is 0 Å². The van der Waals surface area contributed by atoms with E-state index in [2.05, 4.69) is 12.0 Å². The lowest BCUT2D eigenvalue weighted by Crippen LogP contribution is -2.32. The van der Waals surface area contributed by atoms with Crippen LogP contribution in [0, 0.1) is 0 Å². The second-order valence-corrected chi connectivity index (χ2v) is 3.16.